The van der Waals surface area contributed by atoms with Crippen molar-refractivity contribution >= 4 is 5.97 Å². The molecule has 1 saturated carbocycles. The molecule has 0 amide bonds. The van der Waals surface area contributed by atoms with Crippen LogP contribution in [0.1, 0.15) is 129 Å². The molecule has 1 heterocycles. The van der Waals surface area contributed by atoms with Crippen molar-refractivity contribution < 1.29 is 9.53 Å². The molecule has 0 N–H and O–H groups in total. The SMILES string of the molecule is CCCCCCCCc1ccc(-c2ccc(OC(=O)C3CCC(CCCCCCCC)CC3)cc2)nc1. The molecule has 0 aliphatic heterocycles. The van der Waals surface area contributed by atoms with Gasteiger partial charge in [-0.15, -0.1) is 0 Å². The minimum absolute atomic E-state index is 0.0528. The average molecular weight is 506 g/mol. The summed E-state index contributed by atoms with van der Waals surface area (Å²) in [4.78, 5) is 17.4. The summed E-state index contributed by atoms with van der Waals surface area (Å²) in [5.41, 5.74) is 3.33. The van der Waals surface area contributed by atoms with E-state index in [-0.39, 0.29) is 11.9 Å². The molecular weight excluding hydrogens is 454 g/mol. The third-order valence-electron chi connectivity index (χ3n) is 8.16. The van der Waals surface area contributed by atoms with E-state index >= 15 is 0 Å². The molecule has 3 rings (SSSR count). The lowest BCUT2D eigenvalue weighted by Gasteiger charge is -2.27. The second-order valence-electron chi connectivity index (χ2n) is 11.3. The first-order valence-electron chi connectivity index (χ1n) is 15.5. The van der Waals surface area contributed by atoms with Crippen LogP contribution in [0.2, 0.25) is 0 Å². The summed E-state index contributed by atoms with van der Waals surface area (Å²) in [6.45, 7) is 4.53. The summed E-state index contributed by atoms with van der Waals surface area (Å²) in [7, 11) is 0. The van der Waals surface area contributed by atoms with E-state index in [1.54, 1.807) is 0 Å². The zero-order chi connectivity index (χ0) is 26.1. The van der Waals surface area contributed by atoms with Gasteiger partial charge in [-0.25, -0.2) is 0 Å². The molecule has 0 saturated heterocycles. The highest BCUT2D eigenvalue weighted by atomic mass is 16.5. The van der Waals surface area contributed by atoms with Crippen LogP contribution in [-0.4, -0.2) is 11.0 Å². The fraction of sp³-hybridized carbons (Fsp3) is 0.647. The van der Waals surface area contributed by atoms with Gasteiger partial charge >= 0.3 is 5.97 Å². The molecule has 204 valence electrons. The fourth-order valence-corrected chi connectivity index (χ4v) is 5.65. The number of nitrogens with zero attached hydrogens (tertiary/aromatic N) is 1. The number of carbonyl (C=O) groups excluding carboxylic acids is 1. The first-order chi connectivity index (χ1) is 18.2. The minimum atomic E-state index is -0.0528. The van der Waals surface area contributed by atoms with Crippen LogP contribution in [-0.2, 0) is 11.2 Å². The van der Waals surface area contributed by atoms with Crippen molar-refractivity contribution in [3.8, 4) is 17.0 Å². The number of ether oxygens (including phenoxy) is 1. The van der Waals surface area contributed by atoms with Crippen molar-refractivity contribution in [1.29, 1.82) is 0 Å². The molecule has 2 aromatic rings. The number of carbonyl (C=O) groups is 1. The maximum Gasteiger partial charge on any atom is 0.314 e. The predicted molar refractivity (Wildman–Crippen MR) is 156 cm³/mol. The Hall–Kier alpha value is -2.16. The lowest BCUT2D eigenvalue weighted by Crippen LogP contribution is -2.25. The van der Waals surface area contributed by atoms with Crippen LogP contribution in [0.15, 0.2) is 42.6 Å². The van der Waals surface area contributed by atoms with E-state index in [0.29, 0.717) is 5.75 Å². The standard InChI is InChI=1S/C34H51NO2/c1-3-5-7-9-11-13-15-28-17-20-31(21-18-28)34(36)37-32-24-22-30(23-25-32)33-26-19-29(27-35-33)16-14-12-10-8-6-4-2/h19,22-28,31H,3-18,20-21H2,1-2H3. The number of hydrogen-bond acceptors (Lipinski definition) is 3. The van der Waals surface area contributed by atoms with Gasteiger partial charge in [0.2, 0.25) is 0 Å². The van der Waals surface area contributed by atoms with Gasteiger partial charge in [0, 0.05) is 11.8 Å². The molecule has 1 fully saturated rings. The molecule has 3 heteroatoms. The normalized spacial score (nSPS) is 17.6. The van der Waals surface area contributed by atoms with Crippen LogP contribution in [0.4, 0.5) is 0 Å². The van der Waals surface area contributed by atoms with Crippen LogP contribution in [0.3, 0.4) is 0 Å². The monoisotopic (exact) mass is 505 g/mol. The van der Waals surface area contributed by atoms with Gasteiger partial charge in [0.15, 0.2) is 0 Å². The molecule has 1 aliphatic carbocycles. The summed E-state index contributed by atoms with van der Waals surface area (Å²) in [6, 6.07) is 12.1. The molecule has 0 radical (unpaired) electrons. The van der Waals surface area contributed by atoms with E-state index in [1.165, 1.54) is 102 Å². The lowest BCUT2D eigenvalue weighted by atomic mass is 9.80. The van der Waals surface area contributed by atoms with Crippen molar-refractivity contribution in [2.45, 2.75) is 129 Å². The van der Waals surface area contributed by atoms with Crippen LogP contribution >= 0.6 is 0 Å². The van der Waals surface area contributed by atoms with Crippen LogP contribution in [0.25, 0.3) is 11.3 Å². The summed E-state index contributed by atoms with van der Waals surface area (Å²) in [6.07, 6.45) is 24.9. The Labute approximate surface area is 226 Å². The maximum atomic E-state index is 12.8. The number of hydrogen-bond donors (Lipinski definition) is 0. The minimum Gasteiger partial charge on any atom is -0.426 e. The largest absolute Gasteiger partial charge is 0.426 e. The topological polar surface area (TPSA) is 39.2 Å². The summed E-state index contributed by atoms with van der Waals surface area (Å²) in [5, 5.41) is 0. The summed E-state index contributed by atoms with van der Waals surface area (Å²) in [5.74, 6) is 1.45. The molecular formula is C34H51NO2. The molecule has 1 aromatic carbocycles. The smallest absolute Gasteiger partial charge is 0.314 e. The molecule has 0 spiro atoms. The average Bonchev–Trinajstić information content (AvgIpc) is 2.94. The number of aryl methyl sites for hydroxylation is 1. The highest BCUT2D eigenvalue weighted by molar-refractivity contribution is 5.75. The highest BCUT2D eigenvalue weighted by Crippen LogP contribution is 2.33. The number of pyridine rings is 1. The van der Waals surface area contributed by atoms with Gasteiger partial charge in [-0.1, -0.05) is 97.0 Å². The summed E-state index contributed by atoms with van der Waals surface area (Å²) < 4.78 is 5.76. The second kappa shape index (κ2) is 17.4. The van der Waals surface area contributed by atoms with Crippen molar-refractivity contribution in [3.05, 3.63) is 48.2 Å². The summed E-state index contributed by atoms with van der Waals surface area (Å²) >= 11 is 0. The Morgan fingerprint density at radius 3 is 2.00 bits per heavy atom. The van der Waals surface area contributed by atoms with Gasteiger partial charge in [0.25, 0.3) is 0 Å². The van der Waals surface area contributed by atoms with Gasteiger partial charge in [0.05, 0.1) is 11.6 Å². The number of aromatic nitrogens is 1. The van der Waals surface area contributed by atoms with Gasteiger partial charge in [-0.05, 0) is 80.3 Å². The van der Waals surface area contributed by atoms with Crippen molar-refractivity contribution in [2.75, 3.05) is 0 Å². The van der Waals surface area contributed by atoms with Crippen LogP contribution < -0.4 is 4.74 Å². The third kappa shape index (κ3) is 11.0. The Morgan fingerprint density at radius 2 is 1.38 bits per heavy atom. The molecule has 0 atom stereocenters. The van der Waals surface area contributed by atoms with Gasteiger partial charge < -0.3 is 4.74 Å². The predicted octanol–water partition coefficient (Wildman–Crippen LogP) is 10.1. The number of rotatable bonds is 17. The van der Waals surface area contributed by atoms with E-state index in [0.717, 1.165) is 36.4 Å². The number of unbranched alkanes of at least 4 members (excludes halogenated alkanes) is 10. The molecule has 1 aliphatic rings. The zero-order valence-electron chi connectivity index (χ0n) is 23.7. The van der Waals surface area contributed by atoms with E-state index in [9.17, 15) is 4.79 Å². The first-order valence-corrected chi connectivity index (χ1v) is 15.5. The van der Waals surface area contributed by atoms with Crippen molar-refractivity contribution in [2.24, 2.45) is 11.8 Å². The van der Waals surface area contributed by atoms with Crippen molar-refractivity contribution in [3.63, 3.8) is 0 Å². The maximum absolute atomic E-state index is 12.8. The van der Waals surface area contributed by atoms with E-state index in [1.807, 2.05) is 30.5 Å². The van der Waals surface area contributed by atoms with E-state index in [2.05, 4.69) is 31.0 Å². The van der Waals surface area contributed by atoms with Crippen LogP contribution in [0, 0.1) is 11.8 Å². The fourth-order valence-electron chi connectivity index (χ4n) is 5.65. The van der Waals surface area contributed by atoms with Gasteiger partial charge in [-0.2, -0.15) is 0 Å². The Kier molecular flexibility index (Phi) is 13.8. The van der Waals surface area contributed by atoms with Gasteiger partial charge in [-0.3, -0.25) is 9.78 Å². The number of esters is 1. The van der Waals surface area contributed by atoms with Gasteiger partial charge in [0.1, 0.15) is 5.75 Å². The Balaban J connectivity index is 1.35. The Bertz CT molecular complexity index is 866. The molecule has 0 bridgehead atoms. The van der Waals surface area contributed by atoms with Crippen LogP contribution in [0.5, 0.6) is 5.75 Å². The molecule has 0 unspecified atom stereocenters. The second-order valence-corrected chi connectivity index (χ2v) is 11.3. The highest BCUT2D eigenvalue weighted by Gasteiger charge is 2.27. The molecule has 3 nitrogen and oxygen atoms in total. The van der Waals surface area contributed by atoms with Crippen molar-refractivity contribution in [1.82, 2.24) is 4.98 Å². The third-order valence-corrected chi connectivity index (χ3v) is 8.16. The Morgan fingerprint density at radius 1 is 0.757 bits per heavy atom. The molecule has 37 heavy (non-hydrogen) atoms. The van der Waals surface area contributed by atoms with E-state index in [4.69, 9.17) is 4.74 Å². The van der Waals surface area contributed by atoms with E-state index < -0.39 is 0 Å². The molecule has 1 aromatic heterocycles. The first kappa shape index (κ1) is 29.4. The number of benzene rings is 1. The zero-order valence-corrected chi connectivity index (χ0v) is 23.7. The quantitative estimate of drug-likeness (QED) is 0.122. The lowest BCUT2D eigenvalue weighted by molar-refractivity contribution is -0.140.